The van der Waals surface area contributed by atoms with E-state index in [1.807, 2.05) is 12.3 Å². The van der Waals surface area contributed by atoms with Crippen molar-refractivity contribution in [3.8, 4) is 0 Å². The van der Waals surface area contributed by atoms with Gasteiger partial charge < -0.3 is 0 Å². The molecule has 0 saturated heterocycles. The lowest BCUT2D eigenvalue weighted by molar-refractivity contribution is 0.0554. The Bertz CT molecular complexity index is 1190. The van der Waals surface area contributed by atoms with E-state index in [2.05, 4.69) is 37.3 Å². The number of fused-ring (bicyclic) bond motifs is 1. The molecule has 0 aliphatic rings. The van der Waals surface area contributed by atoms with E-state index in [1.165, 1.54) is 28.7 Å². The lowest BCUT2D eigenvalue weighted by Gasteiger charge is -2.06. The number of hydrogen-bond donors (Lipinski definition) is 0. The predicted octanol–water partition coefficient (Wildman–Crippen LogP) is 4.18. The molecule has 28 heavy (non-hydrogen) atoms. The van der Waals surface area contributed by atoms with E-state index in [9.17, 15) is 13.6 Å². The number of nitrogens with zero attached hydrogens (tertiary/aromatic N) is 6. The smallest absolute Gasteiger partial charge is 0.267 e. The van der Waals surface area contributed by atoms with Crippen LogP contribution < -0.4 is 5.56 Å². The summed E-state index contributed by atoms with van der Waals surface area (Å²) in [6.07, 6.45) is 5.21. The van der Waals surface area contributed by atoms with Crippen LogP contribution in [0.2, 0.25) is 0 Å². The predicted molar refractivity (Wildman–Crippen MR) is 113 cm³/mol. The Morgan fingerprint density at radius 3 is 2.75 bits per heavy atom. The third-order valence-electron chi connectivity index (χ3n) is 3.87. The fraction of sp³-hybridized carbons (Fsp3) is 0.125. The minimum absolute atomic E-state index is 0.206. The van der Waals surface area contributed by atoms with Crippen molar-refractivity contribution in [2.24, 2.45) is 0 Å². The quantitative estimate of drug-likeness (QED) is 0.276. The zero-order chi connectivity index (χ0) is 19.7. The Morgan fingerprint density at radius 2 is 2.04 bits per heavy atom. The molecule has 0 N–H and O–H groups in total. The Kier molecular flexibility index (Phi) is 5.74. The van der Waals surface area contributed by atoms with E-state index in [-0.39, 0.29) is 5.56 Å². The zero-order valence-corrected chi connectivity index (χ0v) is 18.0. The van der Waals surface area contributed by atoms with Crippen LogP contribution in [0.4, 0.5) is 8.78 Å². The third kappa shape index (κ3) is 4.11. The van der Waals surface area contributed by atoms with Gasteiger partial charge in [0, 0.05) is 22.7 Å². The first-order valence-electron chi connectivity index (χ1n) is 7.96. The van der Waals surface area contributed by atoms with Gasteiger partial charge in [0.05, 0.1) is 30.2 Å². The van der Waals surface area contributed by atoms with E-state index in [1.54, 1.807) is 28.8 Å². The Hall–Kier alpha value is -1.85. The molecule has 0 amide bonds. The van der Waals surface area contributed by atoms with Crippen molar-refractivity contribution in [1.29, 1.82) is 0 Å². The molecule has 0 fully saturated rings. The first kappa shape index (κ1) is 19.5. The first-order chi connectivity index (χ1) is 13.5. The van der Waals surface area contributed by atoms with Gasteiger partial charge in [0.15, 0.2) is 0 Å². The maximum atomic E-state index is 12.7. The maximum absolute atomic E-state index is 12.7. The molecule has 0 bridgehead atoms. The van der Waals surface area contributed by atoms with Gasteiger partial charge in [0.25, 0.3) is 5.56 Å². The molecule has 1 unspecified atom stereocenters. The van der Waals surface area contributed by atoms with Gasteiger partial charge in [-0.1, -0.05) is 11.8 Å². The molecule has 0 spiro atoms. The largest absolute Gasteiger partial charge is 0.333 e. The van der Waals surface area contributed by atoms with Crippen molar-refractivity contribution in [3.05, 3.63) is 65.0 Å². The molecule has 0 saturated carbocycles. The molecule has 0 aliphatic carbocycles. The van der Waals surface area contributed by atoms with E-state index < -0.39 is 6.55 Å². The molecule has 3 aromatic heterocycles. The highest BCUT2D eigenvalue weighted by Gasteiger charge is 2.11. The fourth-order valence-electron chi connectivity index (χ4n) is 2.59. The molecule has 1 aromatic carbocycles. The zero-order valence-electron chi connectivity index (χ0n) is 14.0. The monoisotopic (exact) mass is 532 g/mol. The summed E-state index contributed by atoms with van der Waals surface area (Å²) in [4.78, 5) is 13.5. The summed E-state index contributed by atoms with van der Waals surface area (Å²) in [5.74, 6) is 0. The van der Waals surface area contributed by atoms with Crippen LogP contribution >= 0.6 is 40.2 Å². The van der Waals surface area contributed by atoms with Gasteiger partial charge in [-0.2, -0.15) is 24.1 Å². The van der Waals surface area contributed by atoms with Crippen molar-refractivity contribution >= 4 is 50.9 Å². The topological polar surface area (TPSA) is 70.5 Å². The van der Waals surface area contributed by atoms with Crippen LogP contribution in [0.15, 0.2) is 63.6 Å². The normalized spacial score (nSPS) is 12.0. The van der Waals surface area contributed by atoms with Crippen LogP contribution in [0.5, 0.6) is 0 Å². The second kappa shape index (κ2) is 8.26. The average molecular weight is 532 g/mol. The maximum Gasteiger partial charge on any atom is 0.333 e. The summed E-state index contributed by atoms with van der Waals surface area (Å²) in [5.41, 5.74) is 0.558. The van der Waals surface area contributed by atoms with Crippen molar-refractivity contribution < 1.29 is 8.78 Å². The molecule has 12 heteroatoms. The highest BCUT2D eigenvalue weighted by Crippen LogP contribution is 2.29. The minimum atomic E-state index is -2.67. The van der Waals surface area contributed by atoms with Gasteiger partial charge in [0.1, 0.15) is 5.03 Å². The number of aromatic nitrogens is 6. The molecule has 1 atom stereocenters. The molecular weight excluding hydrogens is 520 g/mol. The minimum Gasteiger partial charge on any atom is -0.267 e. The number of halogens is 3. The first-order valence-corrected chi connectivity index (χ1v) is 12.8. The van der Waals surface area contributed by atoms with Crippen molar-refractivity contribution in [2.75, 3.05) is 0 Å². The molecule has 3 heterocycles. The molecule has 7 nitrogen and oxygen atoms in total. The third-order valence-corrected chi connectivity index (χ3v) is 6.69. The van der Waals surface area contributed by atoms with Gasteiger partial charge in [-0.05, 0) is 52.4 Å². The Morgan fingerprint density at radius 1 is 1.18 bits per heavy atom. The van der Waals surface area contributed by atoms with E-state index in [0.29, 0.717) is 33.4 Å². The van der Waals surface area contributed by atoms with Crippen LogP contribution in [0.1, 0.15) is 12.2 Å². The van der Waals surface area contributed by atoms with Gasteiger partial charge >= 0.3 is 6.55 Å². The van der Waals surface area contributed by atoms with E-state index >= 15 is 0 Å². The van der Waals surface area contributed by atoms with Crippen LogP contribution in [0.25, 0.3) is 10.8 Å². The number of hydrogen-bond acceptors (Lipinski definition) is 5. The summed E-state index contributed by atoms with van der Waals surface area (Å²) in [7, 11) is 0. The average Bonchev–Trinajstić information content (AvgIpc) is 3.33. The summed E-state index contributed by atoms with van der Waals surface area (Å²) >= 11 is 3.47. The SMILES string of the molecule is O=c1c2ccc(Sc3ccn(C(F)F)n3)cc2cnn1Cc1ccn(PI)n1. The molecular formula is C16H12F2IN6OPS. The highest BCUT2D eigenvalue weighted by atomic mass is 127. The molecule has 0 aliphatic heterocycles. The summed E-state index contributed by atoms with van der Waals surface area (Å²) in [6, 6.07) is 8.67. The van der Waals surface area contributed by atoms with E-state index in [0.717, 1.165) is 10.6 Å². The Labute approximate surface area is 176 Å². The van der Waals surface area contributed by atoms with Crippen LogP contribution in [0, 0.1) is 0 Å². The number of alkyl halides is 2. The van der Waals surface area contributed by atoms with Gasteiger partial charge in [-0.25, -0.2) is 13.8 Å². The highest BCUT2D eigenvalue weighted by molar-refractivity contribution is 14.2. The summed E-state index contributed by atoms with van der Waals surface area (Å²) < 4.78 is 29.0. The fourth-order valence-corrected chi connectivity index (χ4v) is 4.52. The Balaban J connectivity index is 1.59. The van der Waals surface area contributed by atoms with Crippen molar-refractivity contribution in [1.82, 2.24) is 29.1 Å². The van der Waals surface area contributed by atoms with Crippen LogP contribution in [-0.4, -0.2) is 29.1 Å². The van der Waals surface area contributed by atoms with Gasteiger partial charge in [-0.15, -0.1) is 0 Å². The van der Waals surface area contributed by atoms with Crippen molar-refractivity contribution in [2.45, 2.75) is 23.0 Å². The molecule has 4 aromatic rings. The number of benzene rings is 1. The van der Waals surface area contributed by atoms with E-state index in [4.69, 9.17) is 0 Å². The molecule has 4 rings (SSSR count). The van der Waals surface area contributed by atoms with Crippen LogP contribution in [-0.2, 0) is 6.54 Å². The summed E-state index contributed by atoms with van der Waals surface area (Å²) in [5, 5.41) is 14.1. The molecule has 0 radical (unpaired) electrons. The van der Waals surface area contributed by atoms with Crippen molar-refractivity contribution in [3.63, 3.8) is 0 Å². The lowest BCUT2D eigenvalue weighted by Crippen LogP contribution is -2.23. The standard InChI is InChI=1S/C16H12F2IN6OPS/c17-16(18)23-5-4-14(22-23)28-12-1-2-13-10(7-12)8-20-24(15(13)26)9-11-3-6-25(21-11)27-19/h1-8,16,27H,9H2. The molecule has 144 valence electrons. The van der Waals surface area contributed by atoms with Gasteiger partial charge in [-0.3, -0.25) is 4.79 Å². The van der Waals surface area contributed by atoms with Crippen LogP contribution in [0.3, 0.4) is 0 Å². The number of rotatable bonds is 6. The lowest BCUT2D eigenvalue weighted by atomic mass is 10.2. The second-order valence-corrected chi connectivity index (χ2v) is 8.87. The summed E-state index contributed by atoms with van der Waals surface area (Å²) in [6.45, 7) is -2.37. The van der Waals surface area contributed by atoms with Gasteiger partial charge in [0.2, 0.25) is 0 Å². The second-order valence-electron chi connectivity index (χ2n) is 5.71.